The zero-order valence-corrected chi connectivity index (χ0v) is 13.7. The van der Waals surface area contributed by atoms with Crippen LogP contribution in [0.5, 0.6) is 0 Å². The molecule has 22 heavy (non-hydrogen) atoms. The number of hydrogen-bond acceptors (Lipinski definition) is 4. The first-order valence-corrected chi connectivity index (χ1v) is 8.97. The molecule has 3 rings (SSSR count). The number of rotatable bonds is 3. The molecule has 8 heteroatoms. The molecular weight excluding hydrogens is 324 g/mol. The topological polar surface area (TPSA) is 79.0 Å². The van der Waals surface area contributed by atoms with E-state index >= 15 is 0 Å². The first-order chi connectivity index (χ1) is 10.5. The van der Waals surface area contributed by atoms with Crippen LogP contribution in [-0.4, -0.2) is 34.4 Å². The van der Waals surface area contributed by atoms with Crippen molar-refractivity contribution < 1.29 is 8.42 Å². The van der Waals surface area contributed by atoms with Crippen LogP contribution in [0.3, 0.4) is 0 Å². The van der Waals surface area contributed by atoms with Gasteiger partial charge in [-0.2, -0.15) is 9.40 Å². The smallest absolute Gasteiger partial charge is 0.245 e. The summed E-state index contributed by atoms with van der Waals surface area (Å²) in [6, 6.07) is 6.17. The standard InChI is InChI=1S/C14H17ClN4O2S/c1-10-16-14(18-17-10)12-7-4-5-9-19(12)22(20,21)13-8-3-2-6-11(13)15/h2-3,6,8,12H,4-5,7,9H2,1H3,(H,16,17,18)/t12-/m1/s1. The fraction of sp³-hybridized carbons (Fsp3) is 0.429. The van der Waals surface area contributed by atoms with E-state index in [1.165, 1.54) is 10.4 Å². The van der Waals surface area contributed by atoms with Crippen LogP contribution in [0.15, 0.2) is 29.2 Å². The van der Waals surface area contributed by atoms with Crippen LogP contribution in [0.2, 0.25) is 5.02 Å². The van der Waals surface area contributed by atoms with Crippen LogP contribution in [0.1, 0.15) is 37.0 Å². The predicted octanol–water partition coefficient (Wildman–Crippen LogP) is 2.68. The fourth-order valence-electron chi connectivity index (χ4n) is 2.74. The summed E-state index contributed by atoms with van der Waals surface area (Å²) in [5.74, 6) is 1.20. The maximum absolute atomic E-state index is 13.0. The van der Waals surface area contributed by atoms with Crippen LogP contribution < -0.4 is 0 Å². The first-order valence-electron chi connectivity index (χ1n) is 7.15. The number of nitrogens with one attached hydrogen (secondary N) is 1. The Kier molecular flexibility index (Phi) is 4.20. The number of aromatic amines is 1. The Morgan fingerprint density at radius 3 is 2.77 bits per heavy atom. The molecule has 0 unspecified atom stereocenters. The minimum Gasteiger partial charge on any atom is -0.263 e. The highest BCUT2D eigenvalue weighted by molar-refractivity contribution is 7.89. The van der Waals surface area contributed by atoms with Gasteiger partial charge in [-0.25, -0.2) is 13.4 Å². The zero-order chi connectivity index (χ0) is 15.7. The average molecular weight is 341 g/mol. The van der Waals surface area contributed by atoms with E-state index in [-0.39, 0.29) is 16.0 Å². The molecule has 0 spiro atoms. The third-order valence-corrected chi connectivity index (χ3v) is 6.20. The first kappa shape index (κ1) is 15.5. The van der Waals surface area contributed by atoms with Gasteiger partial charge in [0.2, 0.25) is 10.0 Å². The second kappa shape index (κ2) is 5.98. The third-order valence-electron chi connectivity index (χ3n) is 3.79. The summed E-state index contributed by atoms with van der Waals surface area (Å²) in [4.78, 5) is 4.44. The van der Waals surface area contributed by atoms with Gasteiger partial charge in [-0.1, -0.05) is 30.2 Å². The van der Waals surface area contributed by atoms with Crippen molar-refractivity contribution in [3.63, 3.8) is 0 Å². The third kappa shape index (κ3) is 2.76. The second-order valence-electron chi connectivity index (χ2n) is 5.34. The number of benzene rings is 1. The van der Waals surface area contributed by atoms with E-state index in [0.29, 0.717) is 24.6 Å². The van der Waals surface area contributed by atoms with E-state index in [1.54, 1.807) is 25.1 Å². The molecule has 1 aromatic heterocycles. The van der Waals surface area contributed by atoms with Crippen molar-refractivity contribution in [1.29, 1.82) is 0 Å². The van der Waals surface area contributed by atoms with E-state index in [4.69, 9.17) is 11.6 Å². The molecule has 1 aromatic carbocycles. The molecule has 1 aliphatic rings. The number of piperidine rings is 1. The summed E-state index contributed by atoms with van der Waals surface area (Å²) in [6.07, 6.45) is 2.48. The van der Waals surface area contributed by atoms with Crippen LogP contribution in [0, 0.1) is 6.92 Å². The van der Waals surface area contributed by atoms with E-state index in [1.807, 2.05) is 0 Å². The lowest BCUT2D eigenvalue weighted by molar-refractivity contribution is 0.247. The number of halogens is 1. The summed E-state index contributed by atoms with van der Waals surface area (Å²) in [5.41, 5.74) is 0. The van der Waals surface area contributed by atoms with Crippen LogP contribution in [0.25, 0.3) is 0 Å². The van der Waals surface area contributed by atoms with Gasteiger partial charge in [0.1, 0.15) is 10.7 Å². The van der Waals surface area contributed by atoms with Crippen molar-refractivity contribution in [2.45, 2.75) is 37.1 Å². The summed E-state index contributed by atoms with van der Waals surface area (Å²) in [5, 5.41) is 7.16. The van der Waals surface area contributed by atoms with Gasteiger partial charge in [-0.05, 0) is 31.9 Å². The van der Waals surface area contributed by atoms with Crippen molar-refractivity contribution in [3.8, 4) is 0 Å². The lowest BCUT2D eigenvalue weighted by Crippen LogP contribution is -2.39. The molecule has 2 heterocycles. The fourth-order valence-corrected chi connectivity index (χ4v) is 4.89. The number of hydrogen-bond donors (Lipinski definition) is 1. The Labute approximate surface area is 134 Å². The molecule has 1 aliphatic heterocycles. The van der Waals surface area contributed by atoms with Gasteiger partial charge in [-0.15, -0.1) is 0 Å². The van der Waals surface area contributed by atoms with Gasteiger partial charge in [-0.3, -0.25) is 5.10 Å². The van der Waals surface area contributed by atoms with Gasteiger partial charge in [0.25, 0.3) is 0 Å². The molecule has 118 valence electrons. The monoisotopic (exact) mass is 340 g/mol. The Morgan fingerprint density at radius 2 is 2.09 bits per heavy atom. The van der Waals surface area contributed by atoms with E-state index in [0.717, 1.165) is 12.8 Å². The normalized spacial score (nSPS) is 20.2. The second-order valence-corrected chi connectivity index (χ2v) is 7.60. The average Bonchev–Trinajstić information content (AvgIpc) is 2.94. The zero-order valence-electron chi connectivity index (χ0n) is 12.2. The highest BCUT2D eigenvalue weighted by Gasteiger charge is 2.37. The number of sulfonamides is 1. The minimum atomic E-state index is -3.67. The molecule has 0 aliphatic carbocycles. The minimum absolute atomic E-state index is 0.135. The number of H-pyrrole nitrogens is 1. The summed E-state index contributed by atoms with van der Waals surface area (Å²) < 4.78 is 27.4. The van der Waals surface area contributed by atoms with Crippen molar-refractivity contribution in [1.82, 2.24) is 19.5 Å². The summed E-state index contributed by atoms with van der Waals surface area (Å²) in [6.45, 7) is 2.25. The van der Waals surface area contributed by atoms with Gasteiger partial charge in [0.05, 0.1) is 11.1 Å². The van der Waals surface area contributed by atoms with Gasteiger partial charge >= 0.3 is 0 Å². The van der Waals surface area contributed by atoms with Crippen molar-refractivity contribution in [2.24, 2.45) is 0 Å². The predicted molar refractivity (Wildman–Crippen MR) is 83.1 cm³/mol. The number of nitrogens with zero attached hydrogens (tertiary/aromatic N) is 3. The Morgan fingerprint density at radius 1 is 1.32 bits per heavy atom. The van der Waals surface area contributed by atoms with Crippen LogP contribution >= 0.6 is 11.6 Å². The van der Waals surface area contributed by atoms with Gasteiger partial charge < -0.3 is 0 Å². The van der Waals surface area contributed by atoms with Crippen molar-refractivity contribution in [2.75, 3.05) is 6.54 Å². The highest BCUT2D eigenvalue weighted by Crippen LogP contribution is 2.35. The summed E-state index contributed by atoms with van der Waals surface area (Å²) >= 11 is 6.08. The Bertz CT molecular complexity index is 775. The highest BCUT2D eigenvalue weighted by atomic mass is 35.5. The SMILES string of the molecule is Cc1nc([C@H]2CCCCN2S(=O)(=O)c2ccccc2Cl)n[nH]1. The van der Waals surface area contributed by atoms with E-state index < -0.39 is 10.0 Å². The lowest BCUT2D eigenvalue weighted by Gasteiger charge is -2.33. The molecule has 2 aromatic rings. The van der Waals surface area contributed by atoms with Crippen LogP contribution in [-0.2, 0) is 10.0 Å². The molecule has 0 bridgehead atoms. The molecule has 0 radical (unpaired) electrons. The van der Waals surface area contributed by atoms with Gasteiger partial charge in [0.15, 0.2) is 5.82 Å². The quantitative estimate of drug-likeness (QED) is 0.931. The van der Waals surface area contributed by atoms with Crippen molar-refractivity contribution in [3.05, 3.63) is 40.9 Å². The van der Waals surface area contributed by atoms with E-state index in [2.05, 4.69) is 15.2 Å². The molecule has 0 saturated carbocycles. The largest absolute Gasteiger partial charge is 0.263 e. The van der Waals surface area contributed by atoms with Crippen LogP contribution in [0.4, 0.5) is 0 Å². The maximum atomic E-state index is 13.0. The van der Waals surface area contributed by atoms with Gasteiger partial charge in [0, 0.05) is 6.54 Å². The molecule has 1 atom stereocenters. The Balaban J connectivity index is 2.02. The summed E-state index contributed by atoms with van der Waals surface area (Å²) in [7, 11) is -3.67. The van der Waals surface area contributed by atoms with Crippen molar-refractivity contribution >= 4 is 21.6 Å². The molecule has 1 N–H and O–H groups in total. The molecule has 1 fully saturated rings. The molecular formula is C14H17ClN4O2S. The van der Waals surface area contributed by atoms with E-state index in [9.17, 15) is 8.42 Å². The molecule has 1 saturated heterocycles. The molecule has 6 nitrogen and oxygen atoms in total. The lowest BCUT2D eigenvalue weighted by atomic mass is 10.0. The maximum Gasteiger partial charge on any atom is 0.245 e. The number of aromatic nitrogens is 3. The Hall–Kier alpha value is -1.44. The molecule has 0 amide bonds. The number of aryl methyl sites for hydroxylation is 1.